The van der Waals surface area contributed by atoms with Gasteiger partial charge in [-0.15, -0.1) is 5.75 Å². The molecule has 0 bridgehead atoms. The van der Waals surface area contributed by atoms with Crippen molar-refractivity contribution in [2.24, 2.45) is 0 Å². The van der Waals surface area contributed by atoms with E-state index in [0.717, 1.165) is 18.2 Å². The smallest absolute Gasteiger partial charge is 0.335 e. The van der Waals surface area contributed by atoms with Gasteiger partial charge in [0.1, 0.15) is 0 Å². The first kappa shape index (κ1) is 11.7. The van der Waals surface area contributed by atoms with E-state index in [2.05, 4.69) is 0 Å². The Balaban J connectivity index is 3.10. The van der Waals surface area contributed by atoms with Crippen LogP contribution in [0.1, 0.15) is 15.9 Å². The fraction of sp³-hybridized carbons (Fsp3) is 0.125. The van der Waals surface area contributed by atoms with Crippen LogP contribution in [0.25, 0.3) is 0 Å². The van der Waals surface area contributed by atoms with Gasteiger partial charge in [-0.25, -0.2) is 4.79 Å². The number of carboxylic acid groups (broad SMARTS) is 1. The van der Waals surface area contributed by atoms with Gasteiger partial charge in [-0.2, -0.15) is 0 Å². The summed E-state index contributed by atoms with van der Waals surface area (Å²) < 4.78 is 10.6. The normalized spacial score (nSPS) is 11.3. The predicted octanol–water partition coefficient (Wildman–Crippen LogP) is 0.136. The molecule has 6 nitrogen and oxygen atoms in total. The highest BCUT2D eigenvalue weighted by Gasteiger charge is 2.15. The number of hydrogen-bond donors (Lipinski definition) is 3. The molecule has 0 aliphatic rings. The summed E-state index contributed by atoms with van der Waals surface area (Å²) in [6.45, 7) is 0. The Morgan fingerprint density at radius 3 is 2.40 bits per heavy atom. The van der Waals surface area contributed by atoms with Crippen molar-refractivity contribution in [1.82, 2.24) is 0 Å². The van der Waals surface area contributed by atoms with E-state index in [1.165, 1.54) is 0 Å². The summed E-state index contributed by atoms with van der Waals surface area (Å²) in [5.74, 6) is -1.89. The number of benzene rings is 1. The highest BCUT2D eigenvalue weighted by atomic mass is 31.2. The molecule has 0 saturated carbocycles. The summed E-state index contributed by atoms with van der Waals surface area (Å²) in [7, 11) is -4.29. The lowest BCUT2D eigenvalue weighted by molar-refractivity contribution is -0.268. The maximum Gasteiger partial charge on any atom is 0.335 e. The molecule has 0 heterocycles. The maximum atomic E-state index is 11.0. The molecule has 82 valence electrons. The first-order chi connectivity index (χ1) is 6.78. The Morgan fingerprint density at radius 2 is 1.93 bits per heavy atom. The molecule has 0 aliphatic carbocycles. The molecule has 15 heavy (non-hydrogen) atoms. The van der Waals surface area contributed by atoms with E-state index in [1.54, 1.807) is 0 Å². The zero-order chi connectivity index (χ0) is 11.6. The minimum Gasteiger partial charge on any atom is -0.872 e. The third kappa shape index (κ3) is 3.71. The second-order valence-electron chi connectivity index (χ2n) is 2.99. The largest absolute Gasteiger partial charge is 0.872 e. The van der Waals surface area contributed by atoms with E-state index in [0.29, 0.717) is 0 Å². The Morgan fingerprint density at radius 1 is 1.33 bits per heavy atom. The molecule has 0 atom stereocenters. The molecule has 0 fully saturated rings. The Bertz CT molecular complexity index is 435. The van der Waals surface area contributed by atoms with Crippen LogP contribution in [0.15, 0.2) is 18.2 Å². The summed E-state index contributed by atoms with van der Waals surface area (Å²) in [5, 5.41) is 19.6. The van der Waals surface area contributed by atoms with Crippen molar-refractivity contribution in [1.29, 1.82) is 0 Å². The van der Waals surface area contributed by atoms with Crippen LogP contribution in [0.2, 0.25) is 0 Å². The Labute approximate surface area is 85.0 Å². The summed E-state index contributed by atoms with van der Waals surface area (Å²) in [4.78, 5) is 27.8. The first-order valence-corrected chi connectivity index (χ1v) is 5.66. The fourth-order valence-electron chi connectivity index (χ4n) is 1.11. The van der Waals surface area contributed by atoms with Crippen LogP contribution < -0.4 is 5.11 Å². The van der Waals surface area contributed by atoms with Crippen molar-refractivity contribution in [3.8, 4) is 5.75 Å². The van der Waals surface area contributed by atoms with E-state index < -0.39 is 25.5 Å². The summed E-state index contributed by atoms with van der Waals surface area (Å²) >= 11 is 0. The lowest BCUT2D eigenvalue weighted by Gasteiger charge is -2.10. The number of rotatable bonds is 3. The van der Waals surface area contributed by atoms with Crippen molar-refractivity contribution in [2.45, 2.75) is 6.16 Å². The third-order valence-electron chi connectivity index (χ3n) is 1.60. The fourth-order valence-corrected chi connectivity index (χ4v) is 1.77. The van der Waals surface area contributed by atoms with Crippen molar-refractivity contribution >= 4 is 13.6 Å². The Kier molecular flexibility index (Phi) is 3.14. The van der Waals surface area contributed by atoms with Gasteiger partial charge >= 0.3 is 13.6 Å². The lowest BCUT2D eigenvalue weighted by Crippen LogP contribution is -2.01. The quantitative estimate of drug-likeness (QED) is 0.636. The monoisotopic (exact) mass is 231 g/mol. The molecular weight excluding hydrogens is 223 g/mol. The van der Waals surface area contributed by atoms with Crippen LogP contribution in [0.5, 0.6) is 5.75 Å². The van der Waals surface area contributed by atoms with Crippen LogP contribution >= 0.6 is 7.60 Å². The molecule has 1 rings (SSSR count). The molecule has 0 radical (unpaired) electrons. The number of carboxylic acids is 1. The zero-order valence-corrected chi connectivity index (χ0v) is 8.35. The molecule has 3 N–H and O–H groups in total. The van der Waals surface area contributed by atoms with Gasteiger partial charge < -0.3 is 20.0 Å². The van der Waals surface area contributed by atoms with E-state index in [9.17, 15) is 14.5 Å². The van der Waals surface area contributed by atoms with Crippen molar-refractivity contribution < 1.29 is 29.4 Å². The van der Waals surface area contributed by atoms with Crippen molar-refractivity contribution in [2.75, 3.05) is 0 Å². The van der Waals surface area contributed by atoms with Gasteiger partial charge in [0.15, 0.2) is 0 Å². The van der Waals surface area contributed by atoms with E-state index >= 15 is 0 Å². The topological polar surface area (TPSA) is 118 Å². The second kappa shape index (κ2) is 4.02. The van der Waals surface area contributed by atoms with Gasteiger partial charge in [0.05, 0.1) is 11.7 Å². The molecule has 7 heteroatoms. The lowest BCUT2D eigenvalue weighted by atomic mass is 10.1. The minimum atomic E-state index is -4.29. The third-order valence-corrected chi connectivity index (χ3v) is 2.38. The summed E-state index contributed by atoms with van der Waals surface area (Å²) in [6, 6.07) is 2.97. The number of carbonyl (C=O) groups is 1. The van der Waals surface area contributed by atoms with Crippen LogP contribution in [0.4, 0.5) is 0 Å². The maximum absolute atomic E-state index is 11.0. The average Bonchev–Trinajstić information content (AvgIpc) is 1.99. The summed E-state index contributed by atoms with van der Waals surface area (Å²) in [5.41, 5.74) is -0.251. The van der Waals surface area contributed by atoms with E-state index in [4.69, 9.17) is 14.9 Å². The molecule has 0 saturated heterocycles. The minimum absolute atomic E-state index is 0.0215. The van der Waals surface area contributed by atoms with Crippen LogP contribution in [-0.2, 0) is 10.7 Å². The van der Waals surface area contributed by atoms with Gasteiger partial charge in [0, 0.05) is 0 Å². The van der Waals surface area contributed by atoms with E-state index in [1.807, 2.05) is 0 Å². The number of hydrogen-bond acceptors (Lipinski definition) is 3. The van der Waals surface area contributed by atoms with E-state index in [-0.39, 0.29) is 11.1 Å². The van der Waals surface area contributed by atoms with Crippen molar-refractivity contribution in [3.05, 3.63) is 29.3 Å². The molecule has 1 aromatic carbocycles. The van der Waals surface area contributed by atoms with Gasteiger partial charge in [0.25, 0.3) is 0 Å². The Hall–Kier alpha value is -1.36. The standard InChI is InChI=1S/C8H9O6P/c9-7-2-5(4-15(12,13)14)1-6(3-7)8(10)11/h1-3,9H,4H2,(H,10,11)(H2,12,13,14)/p-1. The molecule has 1 aromatic rings. The predicted molar refractivity (Wildman–Crippen MR) is 48.6 cm³/mol. The highest BCUT2D eigenvalue weighted by Crippen LogP contribution is 2.39. The van der Waals surface area contributed by atoms with Crippen LogP contribution in [0, 0.1) is 0 Å². The van der Waals surface area contributed by atoms with Crippen LogP contribution in [-0.4, -0.2) is 20.9 Å². The number of aromatic carboxylic acids is 1. The molecule has 0 aromatic heterocycles. The SMILES string of the molecule is O=C(O)c1cc([O-])cc(CP(=O)(O)O)c1. The first-order valence-electron chi connectivity index (χ1n) is 3.87. The molecular formula is C8H8O6P-. The van der Waals surface area contributed by atoms with Gasteiger partial charge in [-0.3, -0.25) is 4.57 Å². The molecule has 0 unspecified atom stereocenters. The second-order valence-corrected chi connectivity index (χ2v) is 4.64. The molecule has 0 aliphatic heterocycles. The van der Waals surface area contributed by atoms with Crippen LogP contribution in [0.3, 0.4) is 0 Å². The molecule has 0 amide bonds. The highest BCUT2D eigenvalue weighted by molar-refractivity contribution is 7.50. The van der Waals surface area contributed by atoms with Gasteiger partial charge in [0.2, 0.25) is 0 Å². The van der Waals surface area contributed by atoms with Crippen molar-refractivity contribution in [3.63, 3.8) is 0 Å². The van der Waals surface area contributed by atoms with Gasteiger partial charge in [-0.1, -0.05) is 12.1 Å². The average molecular weight is 231 g/mol. The summed E-state index contributed by atoms with van der Waals surface area (Å²) in [6.07, 6.45) is -0.636. The van der Waals surface area contributed by atoms with Gasteiger partial charge in [-0.05, 0) is 11.6 Å². The molecule has 0 spiro atoms. The zero-order valence-electron chi connectivity index (χ0n) is 7.45.